The minimum atomic E-state index is -3.46. The third kappa shape index (κ3) is 3.27. The van der Waals surface area contributed by atoms with Gasteiger partial charge in [-0.3, -0.25) is 0 Å². The molecule has 22 heavy (non-hydrogen) atoms. The molecule has 5 nitrogen and oxygen atoms in total. The molecule has 0 aliphatic carbocycles. The van der Waals surface area contributed by atoms with Crippen LogP contribution in [-0.4, -0.2) is 36.9 Å². The summed E-state index contributed by atoms with van der Waals surface area (Å²) in [4.78, 5) is 4.30. The minimum Gasteiger partial charge on any atom is -0.472 e. The maximum Gasteiger partial charge on any atom is 0.243 e. The molecule has 0 spiro atoms. The number of benzene rings is 1. The van der Waals surface area contributed by atoms with Gasteiger partial charge in [-0.15, -0.1) is 0 Å². The largest absolute Gasteiger partial charge is 0.472 e. The summed E-state index contributed by atoms with van der Waals surface area (Å²) in [5.74, 6) is 0.440. The van der Waals surface area contributed by atoms with E-state index in [0.29, 0.717) is 24.0 Å². The van der Waals surface area contributed by atoms with Gasteiger partial charge in [0.25, 0.3) is 0 Å². The summed E-state index contributed by atoms with van der Waals surface area (Å²) in [5.41, 5.74) is 0. The van der Waals surface area contributed by atoms with Crippen LogP contribution in [0.15, 0.2) is 52.0 Å². The van der Waals surface area contributed by atoms with Crippen molar-refractivity contribution in [2.45, 2.75) is 11.0 Å². The number of halogens is 2. The number of sulfonamides is 1. The Morgan fingerprint density at radius 3 is 2.45 bits per heavy atom. The van der Waals surface area contributed by atoms with Crippen LogP contribution in [-0.2, 0) is 10.0 Å². The highest BCUT2D eigenvalue weighted by Crippen LogP contribution is 2.25. The van der Waals surface area contributed by atoms with Crippen LogP contribution in [0.25, 0.3) is 0 Å². The van der Waals surface area contributed by atoms with Crippen LogP contribution in [0.5, 0.6) is 5.88 Å². The predicted octanol–water partition coefficient (Wildman–Crippen LogP) is 2.95. The second-order valence-electron chi connectivity index (χ2n) is 4.83. The smallest absolute Gasteiger partial charge is 0.243 e. The zero-order chi connectivity index (χ0) is 15.7. The summed E-state index contributed by atoms with van der Waals surface area (Å²) in [7, 11) is -3.46. The summed E-state index contributed by atoms with van der Waals surface area (Å²) in [6.45, 7) is 0.616. The number of hydrogen-bond acceptors (Lipinski definition) is 4. The zero-order valence-electron chi connectivity index (χ0n) is 11.3. The maximum absolute atomic E-state index is 12.4. The number of pyridine rings is 1. The number of nitrogens with zero attached hydrogens (tertiary/aromatic N) is 2. The molecule has 116 valence electrons. The standard InChI is InChI=1S/C14H12BrClN2O3S/c15-10-1-4-13(5-2-10)22(19,20)18-8-12(9-18)21-14-6-3-11(16)7-17-14/h1-7,12H,8-9H2. The molecule has 0 bridgehead atoms. The molecule has 0 unspecified atom stereocenters. The summed E-state index contributed by atoms with van der Waals surface area (Å²) >= 11 is 9.04. The first kappa shape index (κ1) is 15.7. The van der Waals surface area contributed by atoms with E-state index < -0.39 is 10.0 Å². The Kier molecular flexibility index (Phi) is 4.40. The highest BCUT2D eigenvalue weighted by atomic mass is 79.9. The Bertz CT molecular complexity index is 760. The van der Waals surface area contributed by atoms with Crippen LogP contribution in [0.3, 0.4) is 0 Å². The van der Waals surface area contributed by atoms with Crippen molar-refractivity contribution in [3.63, 3.8) is 0 Å². The second kappa shape index (κ2) is 6.16. The van der Waals surface area contributed by atoms with Gasteiger partial charge in [0, 0.05) is 16.7 Å². The molecule has 1 fully saturated rings. The number of ether oxygens (including phenoxy) is 1. The summed E-state index contributed by atoms with van der Waals surface area (Å²) in [6.07, 6.45) is 1.30. The van der Waals surface area contributed by atoms with Crippen molar-refractivity contribution >= 4 is 37.6 Å². The zero-order valence-corrected chi connectivity index (χ0v) is 14.5. The molecule has 8 heteroatoms. The van der Waals surface area contributed by atoms with Crippen molar-refractivity contribution in [1.82, 2.24) is 9.29 Å². The Labute approximate surface area is 142 Å². The minimum absolute atomic E-state index is 0.195. The van der Waals surface area contributed by atoms with Crippen LogP contribution in [0.1, 0.15) is 0 Å². The van der Waals surface area contributed by atoms with Gasteiger partial charge >= 0.3 is 0 Å². The molecule has 1 aliphatic rings. The van der Waals surface area contributed by atoms with Crippen molar-refractivity contribution in [2.24, 2.45) is 0 Å². The van der Waals surface area contributed by atoms with Crippen LogP contribution < -0.4 is 4.74 Å². The SMILES string of the molecule is O=S(=O)(c1ccc(Br)cc1)N1CC(Oc2ccc(Cl)cn2)C1. The van der Waals surface area contributed by atoms with Crippen molar-refractivity contribution in [1.29, 1.82) is 0 Å². The summed E-state index contributed by atoms with van der Waals surface area (Å²) in [6, 6.07) is 9.91. The average molecular weight is 404 g/mol. The highest BCUT2D eigenvalue weighted by molar-refractivity contribution is 9.10. The van der Waals surface area contributed by atoms with Crippen LogP contribution in [0.4, 0.5) is 0 Å². The lowest BCUT2D eigenvalue weighted by Crippen LogP contribution is -2.56. The monoisotopic (exact) mass is 402 g/mol. The third-order valence-electron chi connectivity index (χ3n) is 3.25. The molecule has 0 radical (unpaired) electrons. The lowest BCUT2D eigenvalue weighted by atomic mass is 10.2. The van der Waals surface area contributed by atoms with E-state index in [4.69, 9.17) is 16.3 Å². The summed E-state index contributed by atoms with van der Waals surface area (Å²) < 4.78 is 32.6. The molecule has 0 saturated carbocycles. The maximum atomic E-state index is 12.4. The van der Waals surface area contributed by atoms with Gasteiger partial charge in [-0.05, 0) is 30.3 Å². The molecule has 1 saturated heterocycles. The van der Waals surface area contributed by atoms with Gasteiger partial charge in [-0.2, -0.15) is 4.31 Å². The van der Waals surface area contributed by atoms with E-state index in [0.717, 1.165) is 4.47 Å². The fraction of sp³-hybridized carbons (Fsp3) is 0.214. The topological polar surface area (TPSA) is 59.5 Å². The van der Waals surface area contributed by atoms with Crippen LogP contribution in [0, 0.1) is 0 Å². The fourth-order valence-electron chi connectivity index (χ4n) is 2.03. The molecule has 2 aromatic rings. The number of aromatic nitrogens is 1. The second-order valence-corrected chi connectivity index (χ2v) is 8.12. The highest BCUT2D eigenvalue weighted by Gasteiger charge is 2.38. The van der Waals surface area contributed by atoms with E-state index >= 15 is 0 Å². The van der Waals surface area contributed by atoms with Gasteiger partial charge in [-0.1, -0.05) is 27.5 Å². The molecule has 2 heterocycles. The van der Waals surface area contributed by atoms with Crippen molar-refractivity contribution in [3.8, 4) is 5.88 Å². The molecule has 0 N–H and O–H groups in total. The van der Waals surface area contributed by atoms with E-state index in [1.807, 2.05) is 0 Å². The Morgan fingerprint density at radius 2 is 1.86 bits per heavy atom. The van der Waals surface area contributed by atoms with E-state index in [1.165, 1.54) is 10.5 Å². The fourth-order valence-corrected chi connectivity index (χ4v) is 3.91. The first-order valence-corrected chi connectivity index (χ1v) is 9.10. The van der Waals surface area contributed by atoms with Gasteiger partial charge in [0.1, 0.15) is 6.10 Å². The molecule has 3 rings (SSSR count). The van der Waals surface area contributed by atoms with E-state index in [1.54, 1.807) is 36.4 Å². The molecule has 1 aromatic carbocycles. The van der Waals surface area contributed by atoms with Crippen LogP contribution in [0.2, 0.25) is 5.02 Å². The quantitative estimate of drug-likeness (QED) is 0.787. The first-order valence-electron chi connectivity index (χ1n) is 6.49. The normalized spacial score (nSPS) is 16.3. The van der Waals surface area contributed by atoms with Crippen molar-refractivity contribution in [3.05, 3.63) is 52.1 Å². The summed E-state index contributed by atoms with van der Waals surface area (Å²) in [5, 5.41) is 0.528. The van der Waals surface area contributed by atoms with Gasteiger partial charge < -0.3 is 4.74 Å². The van der Waals surface area contributed by atoms with E-state index in [2.05, 4.69) is 20.9 Å². The van der Waals surface area contributed by atoms with Gasteiger partial charge in [0.2, 0.25) is 15.9 Å². The predicted molar refractivity (Wildman–Crippen MR) is 86.6 cm³/mol. The molecular weight excluding hydrogens is 392 g/mol. The number of hydrogen-bond donors (Lipinski definition) is 0. The van der Waals surface area contributed by atoms with E-state index in [-0.39, 0.29) is 11.0 Å². The average Bonchev–Trinajstić information content (AvgIpc) is 2.44. The lowest BCUT2D eigenvalue weighted by Gasteiger charge is -2.37. The van der Waals surface area contributed by atoms with Crippen molar-refractivity contribution < 1.29 is 13.2 Å². The Balaban J connectivity index is 1.62. The van der Waals surface area contributed by atoms with Crippen LogP contribution >= 0.6 is 27.5 Å². The molecule has 1 aromatic heterocycles. The molecule has 0 atom stereocenters. The number of rotatable bonds is 4. The van der Waals surface area contributed by atoms with Crippen molar-refractivity contribution in [2.75, 3.05) is 13.1 Å². The first-order chi connectivity index (χ1) is 10.4. The van der Waals surface area contributed by atoms with Gasteiger partial charge in [0.05, 0.1) is 23.0 Å². The lowest BCUT2D eigenvalue weighted by molar-refractivity contribution is 0.0721. The Hall–Kier alpha value is -1.15. The molecule has 0 amide bonds. The Morgan fingerprint density at radius 1 is 1.18 bits per heavy atom. The third-order valence-corrected chi connectivity index (χ3v) is 5.85. The molecule has 1 aliphatic heterocycles. The van der Waals surface area contributed by atoms with E-state index in [9.17, 15) is 8.42 Å². The van der Waals surface area contributed by atoms with Gasteiger partial charge in [0.15, 0.2) is 0 Å². The molecular formula is C14H12BrClN2O3S. The van der Waals surface area contributed by atoms with Gasteiger partial charge in [-0.25, -0.2) is 13.4 Å².